The molecular weight excluding hydrogens is 336 g/mol. The van der Waals surface area contributed by atoms with Crippen LogP contribution in [-0.2, 0) is 17.3 Å². The Balaban J connectivity index is 2.46. The van der Waals surface area contributed by atoms with Crippen molar-refractivity contribution < 1.29 is 0 Å². The molecule has 0 aliphatic carbocycles. The van der Waals surface area contributed by atoms with Crippen LogP contribution in [0, 0.1) is 0 Å². The van der Waals surface area contributed by atoms with Gasteiger partial charge in [-0.05, 0) is 56.2 Å². The molecule has 28 heavy (non-hydrogen) atoms. The van der Waals surface area contributed by atoms with Gasteiger partial charge < -0.3 is 0 Å². The van der Waals surface area contributed by atoms with E-state index in [9.17, 15) is 0 Å². The lowest BCUT2D eigenvalue weighted by Gasteiger charge is -2.33. The molecule has 0 aromatic heterocycles. The van der Waals surface area contributed by atoms with Crippen molar-refractivity contribution in [3.63, 3.8) is 0 Å². The lowest BCUT2D eigenvalue weighted by molar-refractivity contribution is 0.567. The summed E-state index contributed by atoms with van der Waals surface area (Å²) in [6, 6.07) is 24.4. The Hall–Kier alpha value is -2.34. The third-order valence-electron chi connectivity index (χ3n) is 5.51. The summed E-state index contributed by atoms with van der Waals surface area (Å²) in [6.07, 6.45) is 1.05. The van der Waals surface area contributed by atoms with Crippen LogP contribution in [0.2, 0.25) is 0 Å². The van der Waals surface area contributed by atoms with Gasteiger partial charge in [0, 0.05) is 0 Å². The fourth-order valence-corrected chi connectivity index (χ4v) is 4.27. The third kappa shape index (κ3) is 3.92. The monoisotopic (exact) mass is 370 g/mol. The second kappa shape index (κ2) is 7.59. The average molecular weight is 371 g/mol. The molecule has 0 saturated carbocycles. The number of hydrogen-bond acceptors (Lipinski definition) is 0. The lowest BCUT2D eigenvalue weighted by Crippen LogP contribution is -2.21. The molecule has 146 valence electrons. The Labute approximate surface area is 171 Å². The normalized spacial score (nSPS) is 12.2. The van der Waals surface area contributed by atoms with Crippen LogP contribution in [0.5, 0.6) is 0 Å². The second-order valence-corrected chi connectivity index (χ2v) is 9.79. The van der Waals surface area contributed by atoms with E-state index in [4.69, 9.17) is 0 Å². The molecule has 0 saturated heterocycles. The van der Waals surface area contributed by atoms with Crippen molar-refractivity contribution in [3.05, 3.63) is 83.4 Å². The molecule has 0 unspecified atom stereocenters. The Kier molecular flexibility index (Phi) is 5.53. The largest absolute Gasteiger partial charge is 0.0622 e. The highest BCUT2D eigenvalue weighted by molar-refractivity contribution is 5.88. The predicted octanol–water partition coefficient (Wildman–Crippen LogP) is 8.18. The molecule has 0 fully saturated rings. The highest BCUT2D eigenvalue weighted by Crippen LogP contribution is 2.45. The Morgan fingerprint density at radius 3 is 1.71 bits per heavy atom. The fraction of sp³-hybridized carbons (Fsp3) is 0.357. The number of hydrogen-bond donors (Lipinski definition) is 0. The zero-order valence-corrected chi connectivity index (χ0v) is 18.6. The van der Waals surface area contributed by atoms with Crippen molar-refractivity contribution in [1.29, 1.82) is 0 Å². The first-order chi connectivity index (χ1) is 13.1. The number of benzene rings is 3. The molecule has 3 aromatic carbocycles. The van der Waals surface area contributed by atoms with Gasteiger partial charge >= 0.3 is 0 Å². The van der Waals surface area contributed by atoms with E-state index in [1.165, 1.54) is 38.9 Å². The van der Waals surface area contributed by atoms with E-state index >= 15 is 0 Å². The summed E-state index contributed by atoms with van der Waals surface area (Å²) < 4.78 is 0. The molecule has 0 bridgehead atoms. The maximum absolute atomic E-state index is 2.37. The highest BCUT2D eigenvalue weighted by atomic mass is 14.3. The van der Waals surface area contributed by atoms with E-state index in [0.717, 1.165) is 6.42 Å². The van der Waals surface area contributed by atoms with Gasteiger partial charge in [0.25, 0.3) is 0 Å². The van der Waals surface area contributed by atoms with Crippen LogP contribution in [0.4, 0.5) is 0 Å². The molecule has 3 aromatic rings. The van der Waals surface area contributed by atoms with Crippen molar-refractivity contribution in [3.8, 4) is 22.3 Å². The predicted molar refractivity (Wildman–Crippen MR) is 124 cm³/mol. The zero-order chi connectivity index (χ0) is 20.5. The Morgan fingerprint density at radius 2 is 1.18 bits per heavy atom. The standard InChI is InChI=1S/C28H34/c1-8-20-18-19-24(27(2,3)4)25(26(20)28(5,6)7)23-17-13-12-16-22(23)21-14-10-9-11-15-21/h9-19H,8H2,1-7H3. The molecule has 0 nitrogen and oxygen atoms in total. The average Bonchev–Trinajstić information content (AvgIpc) is 2.66. The van der Waals surface area contributed by atoms with Crippen molar-refractivity contribution in [2.24, 2.45) is 0 Å². The molecule has 0 radical (unpaired) electrons. The van der Waals surface area contributed by atoms with Gasteiger partial charge in [-0.2, -0.15) is 0 Å². The minimum Gasteiger partial charge on any atom is -0.0622 e. The highest BCUT2D eigenvalue weighted by Gasteiger charge is 2.29. The molecule has 0 spiro atoms. The van der Waals surface area contributed by atoms with E-state index in [-0.39, 0.29) is 10.8 Å². The van der Waals surface area contributed by atoms with Crippen molar-refractivity contribution >= 4 is 0 Å². The molecule has 3 rings (SSSR count). The van der Waals surface area contributed by atoms with Gasteiger partial charge in [-0.15, -0.1) is 0 Å². The number of rotatable bonds is 3. The van der Waals surface area contributed by atoms with E-state index in [1.807, 2.05) is 0 Å². The fourth-order valence-electron chi connectivity index (χ4n) is 4.27. The van der Waals surface area contributed by atoms with Crippen LogP contribution in [-0.4, -0.2) is 0 Å². The van der Waals surface area contributed by atoms with Crippen molar-refractivity contribution in [1.82, 2.24) is 0 Å². The van der Waals surface area contributed by atoms with E-state index in [0.29, 0.717) is 0 Å². The topological polar surface area (TPSA) is 0 Å². The van der Waals surface area contributed by atoms with Crippen LogP contribution >= 0.6 is 0 Å². The van der Waals surface area contributed by atoms with Crippen molar-refractivity contribution in [2.75, 3.05) is 0 Å². The maximum Gasteiger partial charge on any atom is -0.00994 e. The second-order valence-electron chi connectivity index (χ2n) is 9.79. The summed E-state index contributed by atoms with van der Waals surface area (Å²) in [5, 5.41) is 0. The van der Waals surface area contributed by atoms with Crippen LogP contribution in [0.25, 0.3) is 22.3 Å². The lowest BCUT2D eigenvalue weighted by atomic mass is 9.71. The molecule has 0 heteroatoms. The molecule has 0 atom stereocenters. The first kappa shape index (κ1) is 20.4. The van der Waals surface area contributed by atoms with Gasteiger partial charge in [0.1, 0.15) is 0 Å². The van der Waals surface area contributed by atoms with E-state index in [1.54, 1.807) is 0 Å². The minimum atomic E-state index is 0.0748. The van der Waals surface area contributed by atoms with Gasteiger partial charge in [0.05, 0.1) is 0 Å². The maximum atomic E-state index is 2.37. The van der Waals surface area contributed by atoms with Gasteiger partial charge in [-0.1, -0.05) is 115 Å². The molecular formula is C28H34. The molecule has 0 aliphatic rings. The molecule has 0 aliphatic heterocycles. The Morgan fingerprint density at radius 1 is 0.607 bits per heavy atom. The van der Waals surface area contributed by atoms with Gasteiger partial charge in [0.2, 0.25) is 0 Å². The van der Waals surface area contributed by atoms with Gasteiger partial charge in [-0.25, -0.2) is 0 Å². The summed E-state index contributed by atoms with van der Waals surface area (Å²) in [7, 11) is 0. The first-order valence-corrected chi connectivity index (χ1v) is 10.5. The summed E-state index contributed by atoms with van der Waals surface area (Å²) >= 11 is 0. The van der Waals surface area contributed by atoms with Gasteiger partial charge in [-0.3, -0.25) is 0 Å². The van der Waals surface area contributed by atoms with Crippen LogP contribution in [0.3, 0.4) is 0 Å². The van der Waals surface area contributed by atoms with Crippen LogP contribution in [0.15, 0.2) is 66.7 Å². The third-order valence-corrected chi connectivity index (χ3v) is 5.51. The van der Waals surface area contributed by atoms with Crippen molar-refractivity contribution in [2.45, 2.75) is 65.7 Å². The van der Waals surface area contributed by atoms with Crippen LogP contribution < -0.4 is 0 Å². The molecule has 0 heterocycles. The number of aryl methyl sites for hydroxylation is 1. The summed E-state index contributed by atoms with van der Waals surface area (Å²) in [5.74, 6) is 0. The summed E-state index contributed by atoms with van der Waals surface area (Å²) in [5.41, 5.74) is 9.89. The quantitative estimate of drug-likeness (QED) is 0.436. The Bertz CT molecular complexity index is 948. The zero-order valence-electron chi connectivity index (χ0n) is 18.6. The SMILES string of the molecule is CCc1ccc(C(C)(C)C)c(-c2ccccc2-c2ccccc2)c1C(C)(C)C. The first-order valence-electron chi connectivity index (χ1n) is 10.5. The smallest absolute Gasteiger partial charge is 0.00994 e. The molecule has 0 N–H and O–H groups in total. The summed E-state index contributed by atoms with van der Waals surface area (Å²) in [4.78, 5) is 0. The summed E-state index contributed by atoms with van der Waals surface area (Å²) in [6.45, 7) is 16.3. The molecule has 0 amide bonds. The van der Waals surface area contributed by atoms with Gasteiger partial charge in [0.15, 0.2) is 0 Å². The van der Waals surface area contributed by atoms with Crippen LogP contribution in [0.1, 0.15) is 65.2 Å². The van der Waals surface area contributed by atoms with E-state index < -0.39 is 0 Å². The van der Waals surface area contributed by atoms with E-state index in [2.05, 4.69) is 115 Å². The minimum absolute atomic E-state index is 0.0748.